The van der Waals surface area contributed by atoms with E-state index in [0.29, 0.717) is 0 Å². The minimum Gasteiger partial charge on any atom is -0.456 e. The van der Waals surface area contributed by atoms with E-state index in [2.05, 4.69) is 166 Å². The Bertz CT molecular complexity index is 2970. The van der Waals surface area contributed by atoms with Crippen LogP contribution >= 0.6 is 0 Å². The monoisotopic (exact) mass is 698 g/mol. The highest BCUT2D eigenvalue weighted by molar-refractivity contribution is 6.95. The van der Waals surface area contributed by atoms with Crippen LogP contribution in [0.25, 0.3) is 43.8 Å². The summed E-state index contributed by atoms with van der Waals surface area (Å²) in [5, 5.41) is 4.75. The lowest BCUT2D eigenvalue weighted by molar-refractivity contribution is 0.332. The molecule has 4 aliphatic rings. The van der Waals surface area contributed by atoms with Gasteiger partial charge in [-0.05, 0) is 118 Å². The molecule has 1 aliphatic carbocycles. The summed E-state index contributed by atoms with van der Waals surface area (Å²) in [7, 11) is 0. The third-order valence-corrected chi connectivity index (χ3v) is 13.2. The quantitative estimate of drug-likeness (QED) is 0.160. The highest BCUT2D eigenvalue weighted by Gasteiger charge is 2.50. The molecule has 8 aromatic rings. The van der Waals surface area contributed by atoms with Crippen molar-refractivity contribution in [1.29, 1.82) is 0 Å². The van der Waals surface area contributed by atoms with Crippen LogP contribution in [0, 0.1) is 6.92 Å². The summed E-state index contributed by atoms with van der Waals surface area (Å²) < 4.78 is 13.8. The number of anilines is 5. The molecule has 0 saturated carbocycles. The first-order chi connectivity index (χ1) is 26.2. The predicted octanol–water partition coefficient (Wildman–Crippen LogP) is 12.2. The molecule has 0 amide bonds. The van der Waals surface area contributed by atoms with E-state index in [4.69, 9.17) is 9.15 Å². The van der Waals surface area contributed by atoms with Crippen molar-refractivity contribution < 1.29 is 9.15 Å². The van der Waals surface area contributed by atoms with Crippen molar-refractivity contribution in [3.8, 4) is 22.6 Å². The molecule has 0 bridgehead atoms. The molecule has 0 N–H and O–H groups in total. The second kappa shape index (κ2) is 10.2. The molecule has 260 valence electrons. The number of furan rings is 1. The zero-order valence-electron chi connectivity index (χ0n) is 31.2. The van der Waals surface area contributed by atoms with E-state index in [0.717, 1.165) is 56.9 Å². The Hall–Kier alpha value is -5.94. The predicted molar refractivity (Wildman–Crippen MR) is 225 cm³/mol. The molecule has 54 heavy (non-hydrogen) atoms. The van der Waals surface area contributed by atoms with Gasteiger partial charge < -0.3 is 18.9 Å². The fourth-order valence-corrected chi connectivity index (χ4v) is 10.4. The van der Waals surface area contributed by atoms with Gasteiger partial charge in [0.1, 0.15) is 16.9 Å². The van der Waals surface area contributed by atoms with Crippen LogP contribution in [-0.2, 0) is 10.8 Å². The highest BCUT2D eigenvalue weighted by atomic mass is 16.5. The number of hydrogen-bond acceptors (Lipinski definition) is 4. The number of aryl methyl sites for hydroxylation is 1. The standard InChI is InChI=1S/C49H39BN2O2/c1-28-25-34-35(49(4,5)24-23-48(34,2)3)27-38(28)51-37-22-21-32-31-15-8-10-18-40(31)54-47(32)45(37)50-44-39(51)26-29-13-6-7-14-30(29)43(44)33-16-12-20-42-46(33)52(50)36-17-9-11-19-41(36)53-42/h6-22,25-27H,23-24H2,1-5H3. The lowest BCUT2D eigenvalue weighted by Crippen LogP contribution is -2.62. The topological polar surface area (TPSA) is 28.9 Å². The lowest BCUT2D eigenvalue weighted by Gasteiger charge is -2.48. The van der Waals surface area contributed by atoms with Crippen LogP contribution in [0.15, 0.2) is 126 Å². The van der Waals surface area contributed by atoms with Gasteiger partial charge in [-0.25, -0.2) is 0 Å². The Balaban J connectivity index is 1.28. The summed E-state index contributed by atoms with van der Waals surface area (Å²) in [5.74, 6) is 1.74. The van der Waals surface area contributed by atoms with Crippen LogP contribution in [0.5, 0.6) is 11.5 Å². The van der Waals surface area contributed by atoms with Crippen LogP contribution in [-0.4, -0.2) is 6.85 Å². The molecular formula is C49H39BN2O2. The van der Waals surface area contributed by atoms with Crippen LogP contribution in [0.1, 0.15) is 57.2 Å². The normalized spacial score (nSPS) is 16.8. The number of nitrogens with zero attached hydrogens (tertiary/aromatic N) is 2. The van der Waals surface area contributed by atoms with E-state index in [1.807, 2.05) is 0 Å². The van der Waals surface area contributed by atoms with Gasteiger partial charge in [0, 0.05) is 38.9 Å². The van der Waals surface area contributed by atoms with Gasteiger partial charge in [0.05, 0.1) is 11.4 Å². The highest BCUT2D eigenvalue weighted by Crippen LogP contribution is 2.57. The number of ether oxygens (including phenoxy) is 1. The van der Waals surface area contributed by atoms with Crippen LogP contribution in [0.2, 0.25) is 0 Å². The number of hydrogen-bond donors (Lipinski definition) is 0. The van der Waals surface area contributed by atoms with Gasteiger partial charge in [-0.1, -0.05) is 100 Å². The Morgan fingerprint density at radius 3 is 2.17 bits per heavy atom. The summed E-state index contributed by atoms with van der Waals surface area (Å²) in [6, 6.07) is 44.6. The minimum absolute atomic E-state index is 0.0623. The van der Waals surface area contributed by atoms with Crippen LogP contribution < -0.4 is 25.4 Å². The second-order valence-corrected chi connectivity index (χ2v) is 17.2. The molecule has 4 nitrogen and oxygen atoms in total. The van der Waals surface area contributed by atoms with Gasteiger partial charge in [0.15, 0.2) is 5.75 Å². The van der Waals surface area contributed by atoms with Crippen molar-refractivity contribution in [2.75, 3.05) is 9.71 Å². The summed E-state index contributed by atoms with van der Waals surface area (Å²) >= 11 is 0. The van der Waals surface area contributed by atoms with E-state index in [1.54, 1.807) is 0 Å². The fourth-order valence-electron chi connectivity index (χ4n) is 10.4. The lowest BCUT2D eigenvalue weighted by atomic mass is 9.42. The van der Waals surface area contributed by atoms with Gasteiger partial charge in [0.25, 0.3) is 0 Å². The summed E-state index contributed by atoms with van der Waals surface area (Å²) in [6.45, 7) is 11.8. The second-order valence-electron chi connectivity index (χ2n) is 17.2. The maximum Gasteiger partial charge on any atom is 0.337 e. The molecule has 4 heterocycles. The van der Waals surface area contributed by atoms with Crippen LogP contribution in [0.4, 0.5) is 28.4 Å². The van der Waals surface area contributed by atoms with E-state index < -0.39 is 0 Å². The first-order valence-corrected chi connectivity index (χ1v) is 19.3. The van der Waals surface area contributed by atoms with Gasteiger partial charge >= 0.3 is 6.85 Å². The summed E-state index contributed by atoms with van der Waals surface area (Å²) in [6.07, 6.45) is 2.35. The molecule has 0 radical (unpaired) electrons. The van der Waals surface area contributed by atoms with Crippen LogP contribution in [0.3, 0.4) is 0 Å². The molecule has 7 aromatic carbocycles. The maximum atomic E-state index is 7.05. The molecule has 0 saturated heterocycles. The van der Waals surface area contributed by atoms with Gasteiger partial charge in [-0.3, -0.25) is 0 Å². The number of benzene rings is 7. The smallest absolute Gasteiger partial charge is 0.337 e. The molecule has 3 aliphatic heterocycles. The third-order valence-electron chi connectivity index (χ3n) is 13.2. The van der Waals surface area contributed by atoms with Crippen molar-refractivity contribution in [2.45, 2.75) is 58.3 Å². The minimum atomic E-state index is -0.179. The Morgan fingerprint density at radius 2 is 1.31 bits per heavy atom. The van der Waals surface area contributed by atoms with Crippen molar-refractivity contribution in [2.24, 2.45) is 0 Å². The van der Waals surface area contributed by atoms with Crippen molar-refractivity contribution in [3.05, 3.63) is 138 Å². The maximum absolute atomic E-state index is 7.05. The molecule has 5 heteroatoms. The molecule has 0 atom stereocenters. The first-order valence-electron chi connectivity index (χ1n) is 19.3. The van der Waals surface area contributed by atoms with Gasteiger partial charge in [-0.15, -0.1) is 0 Å². The zero-order valence-corrected chi connectivity index (χ0v) is 31.2. The van der Waals surface area contributed by atoms with E-state index >= 15 is 0 Å². The summed E-state index contributed by atoms with van der Waals surface area (Å²) in [4.78, 5) is 5.14. The fraction of sp³-hybridized carbons (Fsp3) is 0.184. The summed E-state index contributed by atoms with van der Waals surface area (Å²) in [5.41, 5.74) is 17.0. The van der Waals surface area contributed by atoms with Crippen molar-refractivity contribution in [3.63, 3.8) is 0 Å². The third kappa shape index (κ3) is 3.79. The zero-order chi connectivity index (χ0) is 36.2. The van der Waals surface area contributed by atoms with E-state index in [9.17, 15) is 0 Å². The molecule has 0 spiro atoms. The Kier molecular flexibility index (Phi) is 5.75. The number of para-hydroxylation sites is 4. The largest absolute Gasteiger partial charge is 0.456 e. The number of fused-ring (bicyclic) bond motifs is 13. The number of rotatable bonds is 1. The SMILES string of the molecule is Cc1cc2c(cc1N1c3cc4ccccc4c4c3B(c3c1ccc1c3oc3ccccc31)N1c3ccccc3Oc3cccc-4c31)C(C)(C)CCC2(C)C. The van der Waals surface area contributed by atoms with Gasteiger partial charge in [-0.2, -0.15) is 0 Å². The molecule has 0 unspecified atom stereocenters. The first kappa shape index (κ1) is 30.5. The van der Waals surface area contributed by atoms with E-state index in [1.165, 1.54) is 67.3 Å². The van der Waals surface area contributed by atoms with Crippen molar-refractivity contribution in [1.82, 2.24) is 0 Å². The van der Waals surface area contributed by atoms with Crippen molar-refractivity contribution >= 4 is 78.9 Å². The average molecular weight is 699 g/mol. The molecule has 1 aromatic heterocycles. The van der Waals surface area contributed by atoms with E-state index in [-0.39, 0.29) is 17.7 Å². The Labute approximate surface area is 315 Å². The molecule has 0 fully saturated rings. The Morgan fingerprint density at radius 1 is 0.593 bits per heavy atom. The average Bonchev–Trinajstić information content (AvgIpc) is 3.56. The van der Waals surface area contributed by atoms with Gasteiger partial charge in [0.2, 0.25) is 0 Å². The molecular weight excluding hydrogens is 659 g/mol. The molecule has 12 rings (SSSR count).